The number of carbonyl (C=O) groups excluding carboxylic acids is 1. The fraction of sp³-hybridized carbons (Fsp3) is 0.421. The zero-order valence-electron chi connectivity index (χ0n) is 14.8. The van der Waals surface area contributed by atoms with Gasteiger partial charge in [-0.15, -0.1) is 0 Å². The van der Waals surface area contributed by atoms with Gasteiger partial charge in [0, 0.05) is 24.3 Å². The number of hydrogen-bond acceptors (Lipinski definition) is 4. The van der Waals surface area contributed by atoms with E-state index in [0.717, 1.165) is 18.8 Å². The van der Waals surface area contributed by atoms with E-state index in [1.54, 1.807) is 4.90 Å². The second kappa shape index (κ2) is 6.39. The maximum atomic E-state index is 13.1. The standard InChI is InChI=1S/C19H20Cl2N4O/c1-19(2)14-15(20)22-18(21)23-16(14)25(17(19)26)13-8-6-12(7-9-13)24-10-4-3-5-11-24/h6-9H,3-5,10-11H2,1-2H3. The van der Waals surface area contributed by atoms with Gasteiger partial charge in [-0.1, -0.05) is 11.6 Å². The third kappa shape index (κ3) is 2.74. The van der Waals surface area contributed by atoms with E-state index in [1.165, 1.54) is 24.9 Å². The summed E-state index contributed by atoms with van der Waals surface area (Å²) in [4.78, 5) is 25.4. The van der Waals surface area contributed by atoms with Gasteiger partial charge in [-0.05, 0) is 69.0 Å². The molecule has 0 saturated carbocycles. The minimum Gasteiger partial charge on any atom is -0.372 e. The van der Waals surface area contributed by atoms with Gasteiger partial charge in [-0.25, -0.2) is 4.98 Å². The van der Waals surface area contributed by atoms with Gasteiger partial charge in [0.25, 0.3) is 0 Å². The van der Waals surface area contributed by atoms with Crippen molar-refractivity contribution in [3.63, 3.8) is 0 Å². The average molecular weight is 391 g/mol. The lowest BCUT2D eigenvalue weighted by molar-refractivity contribution is -0.121. The normalized spacial score (nSPS) is 19.0. The Kier molecular flexibility index (Phi) is 4.32. The summed E-state index contributed by atoms with van der Waals surface area (Å²) in [6, 6.07) is 8.03. The van der Waals surface area contributed by atoms with Crippen molar-refractivity contribution >= 4 is 46.3 Å². The van der Waals surface area contributed by atoms with Crippen LogP contribution in [0.1, 0.15) is 38.7 Å². The topological polar surface area (TPSA) is 49.3 Å². The number of carbonyl (C=O) groups is 1. The van der Waals surface area contributed by atoms with E-state index in [9.17, 15) is 4.79 Å². The van der Waals surface area contributed by atoms with Crippen LogP contribution >= 0.6 is 23.2 Å². The maximum absolute atomic E-state index is 13.1. The number of benzene rings is 1. The Morgan fingerprint density at radius 3 is 2.23 bits per heavy atom. The van der Waals surface area contributed by atoms with Crippen molar-refractivity contribution in [2.75, 3.05) is 22.9 Å². The summed E-state index contributed by atoms with van der Waals surface area (Å²) >= 11 is 12.3. The fourth-order valence-corrected chi connectivity index (χ4v) is 4.39. The lowest BCUT2D eigenvalue weighted by Gasteiger charge is -2.29. The quantitative estimate of drug-likeness (QED) is 0.549. The van der Waals surface area contributed by atoms with Gasteiger partial charge in [0.1, 0.15) is 5.15 Å². The molecule has 26 heavy (non-hydrogen) atoms. The number of aromatic nitrogens is 2. The largest absolute Gasteiger partial charge is 0.372 e. The minimum atomic E-state index is -0.803. The highest BCUT2D eigenvalue weighted by Crippen LogP contribution is 2.47. The summed E-state index contributed by atoms with van der Waals surface area (Å²) < 4.78 is 0. The first-order valence-corrected chi connectivity index (χ1v) is 9.58. The first kappa shape index (κ1) is 17.6. The lowest BCUT2D eigenvalue weighted by Crippen LogP contribution is -2.33. The lowest BCUT2D eigenvalue weighted by atomic mass is 9.88. The molecule has 2 aliphatic rings. The molecular weight excluding hydrogens is 371 g/mol. The molecular formula is C19H20Cl2N4O. The van der Waals surface area contributed by atoms with Crippen LogP contribution in [0.25, 0.3) is 0 Å². The highest BCUT2D eigenvalue weighted by Gasteiger charge is 2.48. The molecule has 1 amide bonds. The molecule has 1 saturated heterocycles. The molecule has 7 heteroatoms. The Balaban J connectivity index is 1.73. The van der Waals surface area contributed by atoms with E-state index >= 15 is 0 Å². The third-order valence-electron chi connectivity index (χ3n) is 5.22. The number of piperidine rings is 1. The smallest absolute Gasteiger partial charge is 0.243 e. The Morgan fingerprint density at radius 2 is 1.58 bits per heavy atom. The van der Waals surface area contributed by atoms with Crippen LogP contribution in [-0.4, -0.2) is 29.0 Å². The second-order valence-electron chi connectivity index (χ2n) is 7.31. The number of anilines is 3. The van der Waals surface area contributed by atoms with E-state index in [4.69, 9.17) is 23.2 Å². The third-order valence-corrected chi connectivity index (χ3v) is 5.66. The van der Waals surface area contributed by atoms with Crippen LogP contribution in [0.2, 0.25) is 10.4 Å². The van der Waals surface area contributed by atoms with Gasteiger partial charge in [0.15, 0.2) is 5.82 Å². The van der Waals surface area contributed by atoms with Crippen LogP contribution in [0.3, 0.4) is 0 Å². The number of nitrogens with zero attached hydrogens (tertiary/aromatic N) is 4. The van der Waals surface area contributed by atoms with Gasteiger partial charge in [-0.3, -0.25) is 9.69 Å². The monoisotopic (exact) mass is 390 g/mol. The highest BCUT2D eigenvalue weighted by molar-refractivity contribution is 6.34. The molecule has 0 radical (unpaired) electrons. The van der Waals surface area contributed by atoms with E-state index in [-0.39, 0.29) is 16.3 Å². The molecule has 0 N–H and O–H groups in total. The molecule has 3 heterocycles. The van der Waals surface area contributed by atoms with Gasteiger partial charge in [-0.2, -0.15) is 4.98 Å². The van der Waals surface area contributed by atoms with Crippen LogP contribution in [0, 0.1) is 0 Å². The number of hydrogen-bond donors (Lipinski definition) is 0. The van der Waals surface area contributed by atoms with E-state index in [2.05, 4.69) is 27.0 Å². The van der Waals surface area contributed by atoms with Crippen LogP contribution in [0.15, 0.2) is 24.3 Å². The van der Waals surface area contributed by atoms with Crippen molar-refractivity contribution in [2.45, 2.75) is 38.5 Å². The Labute approximate surface area is 162 Å². The summed E-state index contributed by atoms with van der Waals surface area (Å²) in [5.74, 6) is 0.382. The molecule has 136 valence electrons. The average Bonchev–Trinajstić information content (AvgIpc) is 2.82. The van der Waals surface area contributed by atoms with Crippen LogP contribution in [0.5, 0.6) is 0 Å². The number of amides is 1. The summed E-state index contributed by atoms with van der Waals surface area (Å²) in [5.41, 5.74) is 1.75. The maximum Gasteiger partial charge on any atom is 0.243 e. The molecule has 1 fully saturated rings. The zero-order chi connectivity index (χ0) is 18.5. The van der Waals surface area contributed by atoms with Crippen LogP contribution < -0.4 is 9.80 Å². The molecule has 0 aliphatic carbocycles. The second-order valence-corrected chi connectivity index (χ2v) is 8.01. The first-order valence-electron chi connectivity index (χ1n) is 8.82. The Bertz CT molecular complexity index is 861. The molecule has 1 aromatic heterocycles. The predicted molar refractivity (Wildman–Crippen MR) is 105 cm³/mol. The first-order chi connectivity index (χ1) is 12.4. The van der Waals surface area contributed by atoms with Gasteiger partial charge < -0.3 is 4.90 Å². The van der Waals surface area contributed by atoms with Gasteiger partial charge in [0.2, 0.25) is 11.2 Å². The predicted octanol–water partition coefficient (Wildman–Crippen LogP) is 4.73. The van der Waals surface area contributed by atoms with Gasteiger partial charge in [0.05, 0.1) is 11.1 Å². The summed E-state index contributed by atoms with van der Waals surface area (Å²) in [6.45, 7) is 5.82. The number of fused-ring (bicyclic) bond motifs is 1. The Morgan fingerprint density at radius 1 is 0.962 bits per heavy atom. The minimum absolute atomic E-state index is 0.0363. The van der Waals surface area contributed by atoms with E-state index < -0.39 is 5.41 Å². The molecule has 1 aromatic carbocycles. The molecule has 0 unspecified atom stereocenters. The van der Waals surface area contributed by atoms with Crippen LogP contribution in [0.4, 0.5) is 17.2 Å². The van der Waals surface area contributed by atoms with Crippen LogP contribution in [-0.2, 0) is 10.2 Å². The van der Waals surface area contributed by atoms with Gasteiger partial charge >= 0.3 is 0 Å². The molecule has 5 nitrogen and oxygen atoms in total. The fourth-order valence-electron chi connectivity index (χ4n) is 3.78. The molecule has 0 spiro atoms. The molecule has 0 atom stereocenters. The van der Waals surface area contributed by atoms with E-state index in [1.807, 2.05) is 26.0 Å². The number of halogens is 2. The number of rotatable bonds is 2. The zero-order valence-corrected chi connectivity index (χ0v) is 16.3. The molecule has 0 bridgehead atoms. The van der Waals surface area contributed by atoms with Crippen molar-refractivity contribution in [2.24, 2.45) is 0 Å². The summed E-state index contributed by atoms with van der Waals surface area (Å²) in [5, 5.41) is 0.264. The molecule has 2 aliphatic heterocycles. The molecule has 4 rings (SSSR count). The summed E-state index contributed by atoms with van der Waals surface area (Å²) in [7, 11) is 0. The van der Waals surface area contributed by atoms with Crippen molar-refractivity contribution < 1.29 is 4.79 Å². The van der Waals surface area contributed by atoms with Crippen molar-refractivity contribution in [1.82, 2.24) is 9.97 Å². The highest BCUT2D eigenvalue weighted by atomic mass is 35.5. The van der Waals surface area contributed by atoms with Crippen molar-refractivity contribution in [3.05, 3.63) is 40.3 Å². The Hall–Kier alpha value is -1.85. The van der Waals surface area contributed by atoms with Crippen molar-refractivity contribution in [1.29, 1.82) is 0 Å². The SMILES string of the molecule is CC1(C)C(=O)N(c2ccc(N3CCCCC3)cc2)c2nc(Cl)nc(Cl)c21. The molecule has 2 aromatic rings. The van der Waals surface area contributed by atoms with E-state index in [0.29, 0.717) is 11.4 Å². The van der Waals surface area contributed by atoms with Crippen molar-refractivity contribution in [3.8, 4) is 0 Å². The summed E-state index contributed by atoms with van der Waals surface area (Å²) in [6.07, 6.45) is 3.74.